The Bertz CT molecular complexity index is 667. The molecule has 0 aliphatic carbocycles. The fourth-order valence-corrected chi connectivity index (χ4v) is 3.88. The van der Waals surface area contributed by atoms with Gasteiger partial charge in [-0.2, -0.15) is 0 Å². The van der Waals surface area contributed by atoms with Gasteiger partial charge in [0.05, 0.1) is 0 Å². The first-order valence-corrected chi connectivity index (χ1v) is 9.77. The van der Waals surface area contributed by atoms with Crippen LogP contribution in [-0.2, 0) is 11.2 Å². The predicted octanol–water partition coefficient (Wildman–Crippen LogP) is 2.49. The fourth-order valence-electron chi connectivity index (χ4n) is 3.88. The summed E-state index contributed by atoms with van der Waals surface area (Å²) < 4.78 is 26.3. The Balaban J connectivity index is 0.00000420. The summed E-state index contributed by atoms with van der Waals surface area (Å²) in [6.45, 7) is 2.10. The molecule has 6 nitrogen and oxygen atoms in total. The second-order valence-corrected chi connectivity index (χ2v) is 7.69. The maximum atomic E-state index is 13.3. The molecule has 2 rings (SSSR count). The number of halogens is 4. The van der Waals surface area contributed by atoms with E-state index >= 15 is 0 Å². The number of nitrogens with zero attached hydrogens (tertiary/aromatic N) is 1. The third kappa shape index (κ3) is 8.28. The largest absolute Gasteiger partial charge is 0.480 e. The van der Waals surface area contributed by atoms with Crippen LogP contribution in [-0.4, -0.2) is 58.3 Å². The smallest absolute Gasteiger partial charge is 0.451 e. The van der Waals surface area contributed by atoms with Gasteiger partial charge >= 0.3 is 13.1 Å². The molecule has 1 unspecified atom stereocenters. The first-order chi connectivity index (χ1) is 13.2. The lowest BCUT2D eigenvalue weighted by molar-refractivity contribution is -0.147. The molecule has 5 N–H and O–H groups in total. The van der Waals surface area contributed by atoms with Gasteiger partial charge in [-0.1, -0.05) is 18.9 Å². The summed E-state index contributed by atoms with van der Waals surface area (Å²) in [7, 11) is -1.38. The highest BCUT2D eigenvalue weighted by Crippen LogP contribution is 2.31. The molecule has 1 saturated heterocycles. The van der Waals surface area contributed by atoms with Gasteiger partial charge in [0.25, 0.3) is 0 Å². The van der Waals surface area contributed by atoms with Crippen LogP contribution in [0.2, 0.25) is 6.32 Å². The Hall–Kier alpha value is -0.965. The topological polar surface area (TPSA) is 107 Å². The van der Waals surface area contributed by atoms with Crippen molar-refractivity contribution in [1.29, 1.82) is 0 Å². The van der Waals surface area contributed by atoms with Crippen LogP contribution in [0.3, 0.4) is 0 Å². The lowest BCUT2D eigenvalue weighted by Crippen LogP contribution is -2.57. The van der Waals surface area contributed by atoms with Crippen molar-refractivity contribution in [2.45, 2.75) is 50.4 Å². The number of carbonyl (C=O) groups is 1. The average molecular weight is 471 g/mol. The molecule has 0 saturated carbocycles. The second-order valence-electron chi connectivity index (χ2n) is 7.69. The number of piperidine rings is 1. The first-order valence-electron chi connectivity index (χ1n) is 9.77. The first kappa shape index (κ1) is 29.0. The van der Waals surface area contributed by atoms with Gasteiger partial charge in [-0.25, -0.2) is 8.78 Å². The Labute approximate surface area is 188 Å². The van der Waals surface area contributed by atoms with Crippen LogP contribution >= 0.6 is 24.8 Å². The zero-order valence-corrected chi connectivity index (χ0v) is 18.4. The van der Waals surface area contributed by atoms with E-state index in [0.29, 0.717) is 58.2 Å². The highest BCUT2D eigenvalue weighted by Gasteiger charge is 2.42. The SMILES string of the molecule is Cl.Cl.NC(CCCCB(O)O)(C(=O)O)C1CCN(CCc2ccc(F)c(F)c2)CC1. The zero-order chi connectivity index (χ0) is 20.7. The van der Waals surface area contributed by atoms with E-state index in [9.17, 15) is 18.7 Å². The van der Waals surface area contributed by atoms with Gasteiger partial charge in [0.1, 0.15) is 5.54 Å². The summed E-state index contributed by atoms with van der Waals surface area (Å²) in [5.74, 6) is -2.87. The van der Waals surface area contributed by atoms with Crippen LogP contribution in [0.25, 0.3) is 0 Å². The van der Waals surface area contributed by atoms with Crippen molar-refractivity contribution in [3.8, 4) is 0 Å². The molecule has 0 bridgehead atoms. The molecule has 1 aromatic rings. The summed E-state index contributed by atoms with van der Waals surface area (Å²) >= 11 is 0. The highest BCUT2D eigenvalue weighted by molar-refractivity contribution is 6.40. The van der Waals surface area contributed by atoms with Crippen LogP contribution < -0.4 is 5.73 Å². The van der Waals surface area contributed by atoms with Crippen molar-refractivity contribution in [2.24, 2.45) is 11.7 Å². The summed E-state index contributed by atoms with van der Waals surface area (Å²) in [6, 6.07) is 3.91. The summed E-state index contributed by atoms with van der Waals surface area (Å²) in [5, 5.41) is 27.4. The summed E-state index contributed by atoms with van der Waals surface area (Å²) in [6.07, 6.45) is 3.45. The lowest BCUT2D eigenvalue weighted by atomic mass is 9.74. The van der Waals surface area contributed by atoms with E-state index < -0.39 is 30.3 Å². The Morgan fingerprint density at radius 1 is 1.17 bits per heavy atom. The van der Waals surface area contributed by atoms with E-state index in [2.05, 4.69) is 4.90 Å². The molecule has 172 valence electrons. The van der Waals surface area contributed by atoms with Crippen molar-refractivity contribution in [3.05, 3.63) is 35.4 Å². The molecule has 1 aliphatic heterocycles. The van der Waals surface area contributed by atoms with Gasteiger partial charge in [0.15, 0.2) is 11.6 Å². The van der Waals surface area contributed by atoms with Gasteiger partial charge < -0.3 is 25.8 Å². The number of aliphatic carboxylic acids is 1. The van der Waals surface area contributed by atoms with E-state index in [-0.39, 0.29) is 37.1 Å². The Morgan fingerprint density at radius 2 is 1.80 bits per heavy atom. The molecular weight excluding hydrogens is 440 g/mol. The van der Waals surface area contributed by atoms with Crippen molar-refractivity contribution in [2.75, 3.05) is 19.6 Å². The van der Waals surface area contributed by atoms with Crippen LogP contribution in [0.4, 0.5) is 8.78 Å². The minimum Gasteiger partial charge on any atom is -0.480 e. The number of unbranched alkanes of at least 4 members (excludes halogenated alkanes) is 1. The van der Waals surface area contributed by atoms with E-state index in [4.69, 9.17) is 15.8 Å². The van der Waals surface area contributed by atoms with E-state index in [1.54, 1.807) is 6.07 Å². The third-order valence-corrected chi connectivity index (χ3v) is 5.72. The predicted molar refractivity (Wildman–Crippen MR) is 117 cm³/mol. The maximum absolute atomic E-state index is 13.3. The minimum absolute atomic E-state index is 0. The van der Waals surface area contributed by atoms with E-state index in [1.165, 1.54) is 6.07 Å². The molecule has 1 heterocycles. The van der Waals surface area contributed by atoms with Crippen LogP contribution in [0.15, 0.2) is 18.2 Å². The average Bonchev–Trinajstić information content (AvgIpc) is 2.66. The number of likely N-dealkylation sites (tertiary alicyclic amines) is 1. The standard InChI is InChI=1S/C19H29BF2N2O4.2ClH/c21-16-4-3-14(13-17(16)22)5-10-24-11-6-15(7-12-24)19(23,18(25)26)8-1-2-9-20(27)28;;/h3-4,13,15,27-28H,1-2,5-12,23H2,(H,25,26);2*1H. The second kappa shape index (κ2) is 13.4. The highest BCUT2D eigenvalue weighted by atomic mass is 35.5. The normalized spacial score (nSPS) is 16.8. The lowest BCUT2D eigenvalue weighted by Gasteiger charge is -2.40. The van der Waals surface area contributed by atoms with Crippen molar-refractivity contribution in [1.82, 2.24) is 4.90 Å². The Kier molecular flexibility index (Phi) is 13.0. The van der Waals surface area contributed by atoms with E-state index in [0.717, 1.165) is 11.6 Å². The molecular formula is C19H31BCl2F2N2O4. The number of benzene rings is 1. The van der Waals surface area contributed by atoms with Gasteiger partial charge in [-0.05, 0) is 68.7 Å². The van der Waals surface area contributed by atoms with Crippen LogP contribution in [0.5, 0.6) is 0 Å². The molecule has 0 amide bonds. The molecule has 1 atom stereocenters. The quantitative estimate of drug-likeness (QED) is 0.309. The molecule has 1 aromatic carbocycles. The van der Waals surface area contributed by atoms with Crippen LogP contribution in [0, 0.1) is 17.6 Å². The molecule has 1 fully saturated rings. The number of hydrogen-bond donors (Lipinski definition) is 4. The maximum Gasteiger partial charge on any atom is 0.451 e. The molecule has 0 aromatic heterocycles. The van der Waals surface area contributed by atoms with Crippen molar-refractivity contribution < 1.29 is 28.7 Å². The van der Waals surface area contributed by atoms with Crippen molar-refractivity contribution >= 4 is 37.9 Å². The van der Waals surface area contributed by atoms with E-state index in [1.807, 2.05) is 0 Å². The zero-order valence-electron chi connectivity index (χ0n) is 16.8. The van der Waals surface area contributed by atoms with Crippen LogP contribution in [0.1, 0.15) is 37.7 Å². The number of nitrogens with two attached hydrogens (primary N) is 1. The molecule has 30 heavy (non-hydrogen) atoms. The number of carboxylic acids is 1. The summed E-state index contributed by atoms with van der Waals surface area (Å²) in [4.78, 5) is 14.0. The minimum atomic E-state index is -1.38. The summed E-state index contributed by atoms with van der Waals surface area (Å²) in [5.41, 5.74) is 5.67. The Morgan fingerprint density at radius 3 is 2.33 bits per heavy atom. The van der Waals surface area contributed by atoms with Gasteiger partial charge in [0.2, 0.25) is 0 Å². The van der Waals surface area contributed by atoms with Gasteiger partial charge in [-0.15, -0.1) is 24.8 Å². The monoisotopic (exact) mass is 470 g/mol. The van der Waals surface area contributed by atoms with Gasteiger partial charge in [0, 0.05) is 6.54 Å². The molecule has 1 aliphatic rings. The molecule has 11 heteroatoms. The van der Waals surface area contributed by atoms with Crippen molar-refractivity contribution in [3.63, 3.8) is 0 Å². The number of carboxylic acid groups (broad SMARTS) is 1. The molecule has 0 radical (unpaired) electrons. The number of rotatable bonds is 10. The molecule has 0 spiro atoms. The third-order valence-electron chi connectivity index (χ3n) is 5.72. The van der Waals surface area contributed by atoms with Gasteiger partial charge in [-0.3, -0.25) is 4.79 Å². The fraction of sp³-hybridized carbons (Fsp3) is 0.632. The number of hydrogen-bond acceptors (Lipinski definition) is 5.